The van der Waals surface area contributed by atoms with Crippen molar-refractivity contribution >= 4 is 11.7 Å². The normalized spacial score (nSPS) is 11.4. The summed E-state index contributed by atoms with van der Waals surface area (Å²) in [6.07, 6.45) is 0.631. The molecule has 0 heterocycles. The van der Waals surface area contributed by atoms with Gasteiger partial charge in [-0.05, 0) is 51.3 Å². The van der Waals surface area contributed by atoms with Crippen LogP contribution in [0.25, 0.3) is 0 Å². The lowest BCUT2D eigenvalue weighted by atomic mass is 9.89. The summed E-state index contributed by atoms with van der Waals surface area (Å²) in [4.78, 5) is 13.2. The van der Waals surface area contributed by atoms with E-state index < -0.39 is 11.4 Å². The predicted molar refractivity (Wildman–Crippen MR) is 75.2 cm³/mol. The van der Waals surface area contributed by atoms with Crippen molar-refractivity contribution < 1.29 is 9.90 Å². The molecule has 1 aromatic rings. The first-order valence-corrected chi connectivity index (χ1v) is 6.26. The Morgan fingerprint density at radius 3 is 2.50 bits per heavy atom. The van der Waals surface area contributed by atoms with Gasteiger partial charge in [0.15, 0.2) is 0 Å². The second-order valence-corrected chi connectivity index (χ2v) is 5.65. The Morgan fingerprint density at radius 1 is 1.33 bits per heavy atom. The standard InChI is InChI=1S/C15H23NO2/c1-11-6-7-12(2)13(10-11)16(5)9-8-15(3,4)14(17)18/h6-7,10H,8-9H2,1-5H3,(H,17,18). The minimum atomic E-state index is -0.739. The van der Waals surface area contributed by atoms with Crippen LogP contribution in [0.15, 0.2) is 18.2 Å². The molecule has 0 unspecified atom stereocenters. The van der Waals surface area contributed by atoms with Gasteiger partial charge in [-0.1, -0.05) is 12.1 Å². The number of aliphatic carboxylic acids is 1. The van der Waals surface area contributed by atoms with Crippen LogP contribution in [0.4, 0.5) is 5.69 Å². The third kappa shape index (κ3) is 3.49. The van der Waals surface area contributed by atoms with Gasteiger partial charge in [0.05, 0.1) is 5.41 Å². The highest BCUT2D eigenvalue weighted by atomic mass is 16.4. The van der Waals surface area contributed by atoms with Crippen molar-refractivity contribution in [2.45, 2.75) is 34.1 Å². The molecular weight excluding hydrogens is 226 g/mol. The second-order valence-electron chi connectivity index (χ2n) is 5.65. The third-order valence-corrected chi connectivity index (χ3v) is 3.43. The molecule has 100 valence electrons. The number of hydrogen-bond acceptors (Lipinski definition) is 2. The largest absolute Gasteiger partial charge is 0.481 e. The number of carboxylic acids is 1. The van der Waals surface area contributed by atoms with E-state index in [1.807, 2.05) is 7.05 Å². The van der Waals surface area contributed by atoms with E-state index >= 15 is 0 Å². The number of carbonyl (C=O) groups is 1. The molecule has 1 aromatic carbocycles. The summed E-state index contributed by atoms with van der Waals surface area (Å²) >= 11 is 0. The van der Waals surface area contributed by atoms with Gasteiger partial charge in [-0.15, -0.1) is 0 Å². The number of benzene rings is 1. The average Bonchev–Trinajstić information content (AvgIpc) is 2.29. The number of hydrogen-bond donors (Lipinski definition) is 1. The Morgan fingerprint density at radius 2 is 1.94 bits per heavy atom. The first-order chi connectivity index (χ1) is 8.24. The molecule has 0 atom stereocenters. The van der Waals surface area contributed by atoms with E-state index in [0.29, 0.717) is 6.42 Å². The van der Waals surface area contributed by atoms with Crippen LogP contribution in [-0.2, 0) is 4.79 Å². The summed E-state index contributed by atoms with van der Waals surface area (Å²) < 4.78 is 0. The summed E-state index contributed by atoms with van der Waals surface area (Å²) in [5.74, 6) is -0.739. The molecule has 0 saturated heterocycles. The molecular formula is C15H23NO2. The lowest BCUT2D eigenvalue weighted by molar-refractivity contribution is -0.147. The third-order valence-electron chi connectivity index (χ3n) is 3.43. The maximum atomic E-state index is 11.1. The van der Waals surface area contributed by atoms with Gasteiger partial charge in [-0.2, -0.15) is 0 Å². The van der Waals surface area contributed by atoms with Gasteiger partial charge in [0.2, 0.25) is 0 Å². The minimum absolute atomic E-state index is 0.631. The Hall–Kier alpha value is -1.51. The Labute approximate surface area is 109 Å². The van der Waals surface area contributed by atoms with Crippen molar-refractivity contribution in [2.24, 2.45) is 5.41 Å². The van der Waals surface area contributed by atoms with Crippen LogP contribution >= 0.6 is 0 Å². The maximum absolute atomic E-state index is 11.1. The van der Waals surface area contributed by atoms with Gasteiger partial charge >= 0.3 is 5.97 Å². The molecule has 0 radical (unpaired) electrons. The molecule has 3 nitrogen and oxygen atoms in total. The Bertz CT molecular complexity index is 438. The fraction of sp³-hybridized carbons (Fsp3) is 0.533. The molecule has 1 rings (SSSR count). The van der Waals surface area contributed by atoms with Crippen LogP contribution in [0.2, 0.25) is 0 Å². The van der Waals surface area contributed by atoms with Gasteiger partial charge < -0.3 is 10.0 Å². The molecule has 0 bridgehead atoms. The maximum Gasteiger partial charge on any atom is 0.309 e. The molecule has 0 aliphatic rings. The number of carboxylic acid groups (broad SMARTS) is 1. The van der Waals surface area contributed by atoms with Crippen LogP contribution in [-0.4, -0.2) is 24.7 Å². The van der Waals surface area contributed by atoms with Gasteiger partial charge in [-0.25, -0.2) is 0 Å². The second kappa shape index (κ2) is 5.42. The van der Waals surface area contributed by atoms with Gasteiger partial charge in [0.1, 0.15) is 0 Å². The van der Waals surface area contributed by atoms with E-state index in [1.165, 1.54) is 16.8 Å². The Kier molecular flexibility index (Phi) is 4.38. The highest BCUT2D eigenvalue weighted by molar-refractivity contribution is 5.73. The van der Waals surface area contributed by atoms with Crippen molar-refractivity contribution in [3.05, 3.63) is 29.3 Å². The van der Waals surface area contributed by atoms with Crippen LogP contribution in [0.3, 0.4) is 0 Å². The number of aryl methyl sites for hydroxylation is 2. The smallest absolute Gasteiger partial charge is 0.309 e. The summed E-state index contributed by atoms with van der Waals surface area (Å²) in [6.45, 7) is 8.42. The molecule has 3 heteroatoms. The number of nitrogens with zero attached hydrogens (tertiary/aromatic N) is 1. The van der Waals surface area contributed by atoms with Crippen LogP contribution < -0.4 is 4.90 Å². The predicted octanol–water partition coefficient (Wildman–Crippen LogP) is 3.24. The summed E-state index contributed by atoms with van der Waals surface area (Å²) in [5.41, 5.74) is 2.94. The monoisotopic (exact) mass is 249 g/mol. The topological polar surface area (TPSA) is 40.5 Å². The molecule has 0 amide bonds. The van der Waals surface area contributed by atoms with Crippen molar-refractivity contribution in [3.8, 4) is 0 Å². The van der Waals surface area contributed by atoms with Crippen molar-refractivity contribution in [1.82, 2.24) is 0 Å². The first-order valence-electron chi connectivity index (χ1n) is 6.26. The molecule has 0 saturated carbocycles. The highest BCUT2D eigenvalue weighted by Crippen LogP contribution is 2.25. The fourth-order valence-electron chi connectivity index (χ4n) is 1.81. The molecule has 1 N–H and O–H groups in total. The minimum Gasteiger partial charge on any atom is -0.481 e. The molecule has 0 aromatic heterocycles. The number of rotatable bonds is 5. The lowest BCUT2D eigenvalue weighted by Gasteiger charge is -2.26. The summed E-state index contributed by atoms with van der Waals surface area (Å²) in [7, 11) is 2.01. The van der Waals surface area contributed by atoms with Crippen molar-refractivity contribution in [2.75, 3.05) is 18.5 Å². The van der Waals surface area contributed by atoms with Gasteiger partial charge in [-0.3, -0.25) is 4.79 Å². The highest BCUT2D eigenvalue weighted by Gasteiger charge is 2.27. The lowest BCUT2D eigenvalue weighted by Crippen LogP contribution is -2.30. The van der Waals surface area contributed by atoms with Crippen LogP contribution in [0, 0.1) is 19.3 Å². The molecule has 0 fully saturated rings. The van der Waals surface area contributed by atoms with Crippen molar-refractivity contribution in [1.29, 1.82) is 0 Å². The first kappa shape index (κ1) is 14.6. The zero-order chi connectivity index (χ0) is 13.9. The van der Waals surface area contributed by atoms with Gasteiger partial charge in [0, 0.05) is 19.3 Å². The van der Waals surface area contributed by atoms with Crippen LogP contribution in [0.5, 0.6) is 0 Å². The SMILES string of the molecule is Cc1ccc(C)c(N(C)CCC(C)(C)C(=O)O)c1. The zero-order valence-electron chi connectivity index (χ0n) is 11.9. The molecule has 18 heavy (non-hydrogen) atoms. The molecule has 0 aliphatic heterocycles. The number of anilines is 1. The van der Waals surface area contributed by atoms with E-state index in [-0.39, 0.29) is 0 Å². The van der Waals surface area contributed by atoms with Crippen molar-refractivity contribution in [3.63, 3.8) is 0 Å². The van der Waals surface area contributed by atoms with E-state index in [4.69, 9.17) is 5.11 Å². The van der Waals surface area contributed by atoms with E-state index in [1.54, 1.807) is 13.8 Å². The fourth-order valence-corrected chi connectivity index (χ4v) is 1.81. The van der Waals surface area contributed by atoms with E-state index in [9.17, 15) is 4.79 Å². The molecule has 0 spiro atoms. The van der Waals surface area contributed by atoms with E-state index in [2.05, 4.69) is 36.9 Å². The van der Waals surface area contributed by atoms with Gasteiger partial charge in [0.25, 0.3) is 0 Å². The zero-order valence-corrected chi connectivity index (χ0v) is 11.9. The summed E-state index contributed by atoms with van der Waals surface area (Å²) in [6, 6.07) is 6.33. The molecule has 0 aliphatic carbocycles. The average molecular weight is 249 g/mol. The Balaban J connectivity index is 2.74. The van der Waals surface area contributed by atoms with E-state index in [0.717, 1.165) is 6.54 Å². The van der Waals surface area contributed by atoms with Crippen LogP contribution in [0.1, 0.15) is 31.4 Å². The quantitative estimate of drug-likeness (QED) is 0.871. The summed E-state index contributed by atoms with van der Waals surface area (Å²) in [5, 5.41) is 9.10.